The number of alkyl halides is 7. The van der Waals surface area contributed by atoms with Crippen LogP contribution in [0.4, 0.5) is 38.0 Å². The Labute approximate surface area is 422 Å². The summed E-state index contributed by atoms with van der Waals surface area (Å²) in [6.07, 6.45) is -7.61. The lowest BCUT2D eigenvalue weighted by molar-refractivity contribution is -0.141. The number of nitrogens with two attached hydrogens (primary N) is 3. The minimum Gasteiger partial charge on any atom is -0.369 e. The number of pyridine rings is 2. The molecule has 0 radical (unpaired) electrons. The van der Waals surface area contributed by atoms with Crippen LogP contribution in [0.15, 0.2) is 60.7 Å². The van der Waals surface area contributed by atoms with Gasteiger partial charge in [0.2, 0.25) is 11.8 Å². The lowest BCUT2D eigenvalue weighted by Gasteiger charge is -2.36. The molecule has 11 N–H and O–H groups in total. The number of aromatic amines is 2. The summed E-state index contributed by atoms with van der Waals surface area (Å²) in [5, 5.41) is 11.6. The van der Waals surface area contributed by atoms with Gasteiger partial charge in [-0.05, 0) is 84.6 Å². The van der Waals surface area contributed by atoms with Crippen LogP contribution in [0.25, 0.3) is 21.8 Å². The molecular formula is C44H55Cl5F6N12O2. The highest BCUT2D eigenvalue weighted by Gasteiger charge is 2.37. The van der Waals surface area contributed by atoms with Gasteiger partial charge in [0.15, 0.2) is 11.4 Å². The Kier molecular flexibility index (Phi) is 18.2. The van der Waals surface area contributed by atoms with E-state index in [4.69, 9.17) is 69.5 Å². The summed E-state index contributed by atoms with van der Waals surface area (Å²) in [6, 6.07) is 16.6. The van der Waals surface area contributed by atoms with Gasteiger partial charge in [0.25, 0.3) is 0 Å². The van der Waals surface area contributed by atoms with Crippen molar-refractivity contribution in [3.05, 3.63) is 115 Å². The third kappa shape index (κ3) is 13.8. The number of aromatic nitrogens is 4. The summed E-state index contributed by atoms with van der Waals surface area (Å²) in [7, 11) is 0. The maximum atomic E-state index is 13.1. The molecule has 0 saturated carbocycles. The topological polar surface area (TPSA) is 212 Å². The van der Waals surface area contributed by atoms with Crippen molar-refractivity contribution < 1.29 is 41.6 Å². The van der Waals surface area contributed by atoms with Gasteiger partial charge in [0.1, 0.15) is 17.5 Å². The molecule has 2 aliphatic rings. The number of amides is 2. The summed E-state index contributed by atoms with van der Waals surface area (Å²) in [5.74, 6) is -0.791. The second-order valence-corrected chi connectivity index (χ2v) is 17.8. The molecule has 8 rings (SSSR count). The number of H-pyrrole nitrogens is 2. The van der Waals surface area contributed by atoms with Crippen LogP contribution in [0, 0.1) is 0 Å². The van der Waals surface area contributed by atoms with Crippen LogP contribution in [-0.4, -0.2) is 106 Å². The summed E-state index contributed by atoms with van der Waals surface area (Å²) >= 11 is 28.5. The van der Waals surface area contributed by atoms with Gasteiger partial charge in [0, 0.05) is 101 Å². The van der Waals surface area contributed by atoms with Crippen molar-refractivity contribution in [1.29, 1.82) is 0 Å². The lowest BCUT2D eigenvalue weighted by Crippen LogP contribution is -2.44. The Morgan fingerprint density at radius 3 is 1.54 bits per heavy atom. The fourth-order valence-electron chi connectivity index (χ4n) is 8.28. The van der Waals surface area contributed by atoms with Gasteiger partial charge in [0.05, 0.1) is 28.7 Å². The average molecular weight is 1080 g/mol. The standard InChI is InChI=1S/C22H23Cl2F3N6O.C20H20Cl2F3N5.C2H4ClNO.4H2/c23-12-1-3-16-14(9-12)13-5-7-33(17(20(13)31-16)10-29-11-18(28)34)8-6-30-19-4-2-15(24)21(32-19)22(25,26)27;21-11-1-3-15-13(9-11)12-5-7-30(16(10-26)18(12)28-15)8-6-27-17-4-2-14(22)19(29-17)20(23,24)25;3-1-2(4)5;;;;/h1-4,9,17,29,31H,5-8,10-11H2,(H2,28,34)(H,30,32);1-4,9,16,28H,5-8,10,26H2,(H,27,29);1H2,(H2,4,5);4*1H. The number of carbonyl (C=O) groups excluding carboxylic acids is 2. The number of nitrogens with zero attached hydrogens (tertiary/aromatic N) is 4. The molecule has 0 spiro atoms. The molecule has 6 aromatic rings. The van der Waals surface area contributed by atoms with Crippen LogP contribution < -0.4 is 33.2 Å². The molecule has 2 unspecified atom stereocenters. The highest BCUT2D eigenvalue weighted by Crippen LogP contribution is 2.38. The van der Waals surface area contributed by atoms with E-state index in [-0.39, 0.29) is 41.9 Å². The van der Waals surface area contributed by atoms with Crippen molar-refractivity contribution in [3.8, 4) is 0 Å². The van der Waals surface area contributed by atoms with Crippen molar-refractivity contribution in [2.45, 2.75) is 37.3 Å². The van der Waals surface area contributed by atoms with Crippen LogP contribution in [0.1, 0.15) is 51.7 Å². The summed E-state index contributed by atoms with van der Waals surface area (Å²) in [5.41, 5.74) is 20.1. The minimum atomic E-state index is -4.63. The molecule has 2 aliphatic heterocycles. The van der Waals surface area contributed by atoms with E-state index in [9.17, 15) is 35.9 Å². The monoisotopic (exact) mass is 1070 g/mol. The zero-order valence-corrected chi connectivity index (χ0v) is 40.2. The van der Waals surface area contributed by atoms with Crippen molar-refractivity contribution in [2.75, 3.05) is 75.4 Å². The molecule has 2 amide bonds. The number of benzene rings is 2. The summed E-state index contributed by atoms with van der Waals surface area (Å²) in [6.45, 7) is 4.35. The Morgan fingerprint density at radius 1 is 0.696 bits per heavy atom. The normalized spacial score (nSPS) is 16.2. The zero-order valence-electron chi connectivity index (χ0n) is 36.4. The predicted octanol–water partition coefficient (Wildman–Crippen LogP) is 9.53. The van der Waals surface area contributed by atoms with E-state index in [1.807, 2.05) is 36.4 Å². The highest BCUT2D eigenvalue weighted by molar-refractivity contribution is 6.32. The van der Waals surface area contributed by atoms with Gasteiger partial charge >= 0.3 is 12.4 Å². The average Bonchev–Trinajstić information content (AvgIpc) is 3.85. The first kappa shape index (κ1) is 53.6. The quantitative estimate of drug-likeness (QED) is 0.0382. The van der Waals surface area contributed by atoms with E-state index < -0.39 is 45.6 Å². The van der Waals surface area contributed by atoms with E-state index in [1.165, 1.54) is 35.4 Å². The molecule has 69 heavy (non-hydrogen) atoms. The van der Waals surface area contributed by atoms with Gasteiger partial charge < -0.3 is 43.1 Å². The fourth-order valence-corrected chi connectivity index (χ4v) is 9.05. The second kappa shape index (κ2) is 23.4. The third-order valence-electron chi connectivity index (χ3n) is 11.3. The van der Waals surface area contributed by atoms with Crippen LogP contribution in [0.5, 0.6) is 0 Å². The summed E-state index contributed by atoms with van der Waals surface area (Å²) < 4.78 is 78.2. The van der Waals surface area contributed by atoms with E-state index in [1.54, 1.807) is 0 Å². The fraction of sp³-hybridized carbons (Fsp3) is 0.364. The number of hydrogen-bond donors (Lipinski definition) is 8. The Bertz CT molecular complexity index is 2780. The lowest BCUT2D eigenvalue weighted by atomic mass is 9.97. The molecule has 2 atom stereocenters. The molecule has 4 aromatic heterocycles. The maximum absolute atomic E-state index is 13.1. The van der Waals surface area contributed by atoms with E-state index in [2.05, 4.69) is 51.4 Å². The molecule has 380 valence electrons. The Hall–Kier alpha value is -4.77. The molecule has 0 fully saturated rings. The van der Waals surface area contributed by atoms with Gasteiger partial charge in [-0.15, -0.1) is 11.6 Å². The number of primary amides is 2. The third-order valence-corrected chi connectivity index (χ3v) is 12.6. The molecule has 0 bridgehead atoms. The highest BCUT2D eigenvalue weighted by atomic mass is 35.5. The Balaban J connectivity index is 0.000000438. The number of rotatable bonds is 14. The first-order valence-corrected chi connectivity index (χ1v) is 23.3. The smallest absolute Gasteiger partial charge is 0.369 e. The van der Waals surface area contributed by atoms with Crippen LogP contribution in [-0.2, 0) is 34.8 Å². The summed E-state index contributed by atoms with van der Waals surface area (Å²) in [4.78, 5) is 39.2. The Morgan fingerprint density at radius 2 is 1.13 bits per heavy atom. The van der Waals surface area contributed by atoms with Gasteiger partial charge in [-0.2, -0.15) is 26.3 Å². The number of anilines is 2. The van der Waals surface area contributed by atoms with E-state index >= 15 is 0 Å². The van der Waals surface area contributed by atoms with Crippen molar-refractivity contribution >= 4 is 103 Å². The minimum absolute atomic E-state index is 0. The molecule has 0 saturated heterocycles. The largest absolute Gasteiger partial charge is 0.434 e. The van der Waals surface area contributed by atoms with Crippen LogP contribution in [0.2, 0.25) is 20.1 Å². The number of carbonyl (C=O) groups is 2. The van der Waals surface area contributed by atoms with Gasteiger partial charge in [-0.1, -0.05) is 46.4 Å². The molecule has 0 aliphatic carbocycles. The van der Waals surface area contributed by atoms with Gasteiger partial charge in [-0.3, -0.25) is 19.4 Å². The van der Waals surface area contributed by atoms with Crippen LogP contribution >= 0.6 is 58.0 Å². The molecule has 2 aromatic carbocycles. The van der Waals surface area contributed by atoms with Crippen molar-refractivity contribution in [1.82, 2.24) is 35.1 Å². The molecule has 6 heterocycles. The van der Waals surface area contributed by atoms with Crippen molar-refractivity contribution in [2.24, 2.45) is 17.2 Å². The SMILES string of the molecule is NC(=O)CCl.NC(=O)CNCC1c2[nH]c3ccc(Cl)cc3c2CCN1CCNc1ccc(Cl)c(C(F)(F)F)n1.NCC1c2[nH]c3ccc(Cl)cc3c2CCN1CCNc1ccc(Cl)c(C(F)(F)F)n1.[HH].[HH].[HH].[HH]. The van der Waals surface area contributed by atoms with Gasteiger partial charge in [-0.25, -0.2) is 9.97 Å². The number of halogens is 11. The number of fused-ring (bicyclic) bond motifs is 6. The first-order chi connectivity index (χ1) is 32.7. The van der Waals surface area contributed by atoms with Crippen molar-refractivity contribution in [3.63, 3.8) is 0 Å². The number of hydrogen-bond acceptors (Lipinski definition) is 10. The molecule has 14 nitrogen and oxygen atoms in total. The maximum Gasteiger partial charge on any atom is 0.434 e. The molecule has 25 heteroatoms. The molecular weight excluding hydrogens is 1020 g/mol. The first-order valence-electron chi connectivity index (χ1n) is 21.2. The zero-order chi connectivity index (χ0) is 50.2. The number of nitrogens with one attached hydrogen (secondary N) is 5. The van der Waals surface area contributed by atoms with Crippen LogP contribution in [0.3, 0.4) is 0 Å². The van der Waals surface area contributed by atoms with E-state index in [0.717, 1.165) is 59.1 Å². The predicted molar refractivity (Wildman–Crippen MR) is 268 cm³/mol. The second-order valence-electron chi connectivity index (χ2n) is 15.9. The van der Waals surface area contributed by atoms with E-state index in [0.29, 0.717) is 49.3 Å².